The highest BCUT2D eigenvalue weighted by molar-refractivity contribution is 7.99. The van der Waals surface area contributed by atoms with Gasteiger partial charge in [-0.15, -0.1) is 11.8 Å². The maximum absolute atomic E-state index is 13.5. The maximum Gasteiger partial charge on any atom is 0.417 e. The van der Waals surface area contributed by atoms with Crippen molar-refractivity contribution in [3.8, 4) is 0 Å². The Morgan fingerprint density at radius 1 is 0.972 bits per heavy atom. The Hall–Kier alpha value is -2.69. The van der Waals surface area contributed by atoms with Crippen molar-refractivity contribution in [1.82, 2.24) is 5.32 Å². The Labute approximate surface area is 217 Å². The molecule has 0 spiro atoms. The molecule has 0 aliphatic rings. The van der Waals surface area contributed by atoms with Crippen LogP contribution in [0.3, 0.4) is 0 Å². The smallest absolute Gasteiger partial charge is 0.354 e. The van der Waals surface area contributed by atoms with Crippen LogP contribution in [0.2, 0.25) is 5.02 Å². The van der Waals surface area contributed by atoms with E-state index in [1.807, 2.05) is 31.2 Å². The number of amides is 1. The third-order valence-electron chi connectivity index (χ3n) is 5.15. The number of hydrogen-bond acceptors (Lipinski definition) is 4. The van der Waals surface area contributed by atoms with Crippen molar-refractivity contribution in [2.45, 2.75) is 29.8 Å². The van der Waals surface area contributed by atoms with Gasteiger partial charge in [-0.1, -0.05) is 47.0 Å². The van der Waals surface area contributed by atoms with E-state index in [2.05, 4.69) is 5.32 Å². The monoisotopic (exact) mass is 556 g/mol. The van der Waals surface area contributed by atoms with Crippen LogP contribution >= 0.6 is 23.4 Å². The summed E-state index contributed by atoms with van der Waals surface area (Å²) in [4.78, 5) is 13.5. The fourth-order valence-corrected chi connectivity index (χ4v) is 5.62. The SMILES string of the molecule is Cc1ccc(SCCNC(=O)CN(c2ccc(Cl)c(C(F)(F)F)c2)S(=O)(=O)c2ccc(C)cc2)cc1. The normalized spacial score (nSPS) is 11.8. The number of sulfonamides is 1. The quantitative estimate of drug-likeness (QED) is 0.256. The molecule has 36 heavy (non-hydrogen) atoms. The summed E-state index contributed by atoms with van der Waals surface area (Å²) >= 11 is 7.22. The van der Waals surface area contributed by atoms with E-state index in [1.165, 1.54) is 23.9 Å². The van der Waals surface area contributed by atoms with Crippen LogP contribution in [0.25, 0.3) is 0 Å². The van der Waals surface area contributed by atoms with Crippen molar-refractivity contribution in [2.75, 3.05) is 23.1 Å². The number of halogens is 4. The van der Waals surface area contributed by atoms with Crippen molar-refractivity contribution < 1.29 is 26.4 Å². The van der Waals surface area contributed by atoms with E-state index in [9.17, 15) is 26.4 Å². The summed E-state index contributed by atoms with van der Waals surface area (Å²) in [5, 5.41) is 2.07. The third-order valence-corrected chi connectivity index (χ3v) is 8.28. The molecule has 0 atom stereocenters. The summed E-state index contributed by atoms with van der Waals surface area (Å²) in [5.41, 5.74) is 0.408. The van der Waals surface area contributed by atoms with Crippen molar-refractivity contribution in [3.63, 3.8) is 0 Å². The van der Waals surface area contributed by atoms with Gasteiger partial charge in [0, 0.05) is 17.2 Å². The van der Waals surface area contributed by atoms with Gasteiger partial charge < -0.3 is 5.32 Å². The average molecular weight is 557 g/mol. The van der Waals surface area contributed by atoms with Gasteiger partial charge in [-0.25, -0.2) is 8.42 Å². The van der Waals surface area contributed by atoms with Crippen molar-refractivity contribution >= 4 is 45.0 Å². The van der Waals surface area contributed by atoms with E-state index in [0.717, 1.165) is 28.2 Å². The van der Waals surface area contributed by atoms with Crippen LogP contribution in [0.5, 0.6) is 0 Å². The minimum Gasteiger partial charge on any atom is -0.354 e. The first-order valence-electron chi connectivity index (χ1n) is 10.8. The molecule has 0 saturated heterocycles. The summed E-state index contributed by atoms with van der Waals surface area (Å²) in [6, 6.07) is 16.4. The van der Waals surface area contributed by atoms with Gasteiger partial charge in [-0.05, 0) is 56.3 Å². The lowest BCUT2D eigenvalue weighted by Crippen LogP contribution is -2.41. The van der Waals surface area contributed by atoms with E-state index >= 15 is 0 Å². The number of thioether (sulfide) groups is 1. The Morgan fingerprint density at radius 2 is 1.56 bits per heavy atom. The summed E-state index contributed by atoms with van der Waals surface area (Å²) in [6.45, 7) is 3.28. The van der Waals surface area contributed by atoms with Crippen LogP contribution in [0.4, 0.5) is 18.9 Å². The molecule has 11 heteroatoms. The second kappa shape index (κ2) is 11.6. The lowest BCUT2D eigenvalue weighted by Gasteiger charge is -2.25. The van der Waals surface area contributed by atoms with Gasteiger partial charge in [-0.2, -0.15) is 13.2 Å². The molecule has 5 nitrogen and oxygen atoms in total. The fourth-order valence-electron chi connectivity index (χ4n) is 3.22. The lowest BCUT2D eigenvalue weighted by atomic mass is 10.2. The number of alkyl halides is 3. The number of nitrogens with zero attached hydrogens (tertiary/aromatic N) is 1. The maximum atomic E-state index is 13.5. The second-order valence-electron chi connectivity index (χ2n) is 8.00. The minimum atomic E-state index is -4.80. The molecule has 0 unspecified atom stereocenters. The number of nitrogens with one attached hydrogen (secondary N) is 1. The summed E-state index contributed by atoms with van der Waals surface area (Å²) < 4.78 is 67.8. The number of anilines is 1. The predicted molar refractivity (Wildman–Crippen MR) is 137 cm³/mol. The molecule has 0 radical (unpaired) electrons. The summed E-state index contributed by atoms with van der Waals surface area (Å²) in [6.07, 6.45) is -4.80. The van der Waals surface area contributed by atoms with Crippen molar-refractivity contribution in [2.24, 2.45) is 0 Å². The number of carbonyl (C=O) groups is 1. The van der Waals surface area contributed by atoms with Gasteiger partial charge in [0.05, 0.1) is 21.2 Å². The molecule has 0 saturated carbocycles. The fraction of sp³-hybridized carbons (Fsp3) is 0.240. The first-order valence-corrected chi connectivity index (χ1v) is 13.6. The summed E-state index contributed by atoms with van der Waals surface area (Å²) in [7, 11) is -4.36. The van der Waals surface area contributed by atoms with E-state index in [0.29, 0.717) is 16.1 Å². The predicted octanol–water partition coefficient (Wildman–Crippen LogP) is 6.08. The second-order valence-corrected chi connectivity index (χ2v) is 11.4. The van der Waals surface area contributed by atoms with Crippen LogP contribution in [0, 0.1) is 13.8 Å². The van der Waals surface area contributed by atoms with Gasteiger partial charge in [0.2, 0.25) is 5.91 Å². The van der Waals surface area contributed by atoms with Gasteiger partial charge in [0.25, 0.3) is 10.0 Å². The molecule has 1 amide bonds. The van der Waals surface area contributed by atoms with Crippen LogP contribution in [0.1, 0.15) is 16.7 Å². The molecule has 0 bridgehead atoms. The Bertz CT molecular complexity index is 1310. The largest absolute Gasteiger partial charge is 0.417 e. The number of benzene rings is 3. The molecule has 0 heterocycles. The molecular weight excluding hydrogens is 533 g/mol. The average Bonchev–Trinajstić information content (AvgIpc) is 2.81. The van der Waals surface area contributed by atoms with Crippen LogP contribution in [-0.4, -0.2) is 33.2 Å². The van der Waals surface area contributed by atoms with E-state index in [4.69, 9.17) is 11.6 Å². The Morgan fingerprint density at radius 3 is 2.14 bits per heavy atom. The molecule has 3 rings (SSSR count). The number of aryl methyl sites for hydroxylation is 2. The molecule has 0 fully saturated rings. The Balaban J connectivity index is 1.82. The summed E-state index contributed by atoms with van der Waals surface area (Å²) in [5.74, 6) is -0.128. The van der Waals surface area contributed by atoms with Gasteiger partial charge in [0.15, 0.2) is 0 Å². The number of carbonyl (C=O) groups excluding carboxylic acids is 1. The zero-order valence-corrected chi connectivity index (χ0v) is 21.9. The molecule has 0 aliphatic heterocycles. The minimum absolute atomic E-state index is 0.153. The zero-order valence-electron chi connectivity index (χ0n) is 19.5. The van der Waals surface area contributed by atoms with Gasteiger partial charge in [-0.3, -0.25) is 9.10 Å². The third kappa shape index (κ3) is 7.18. The molecule has 1 N–H and O–H groups in total. The van der Waals surface area contributed by atoms with Gasteiger partial charge in [0.1, 0.15) is 6.54 Å². The van der Waals surface area contributed by atoms with Crippen molar-refractivity contribution in [1.29, 1.82) is 0 Å². The highest BCUT2D eigenvalue weighted by atomic mass is 35.5. The zero-order chi connectivity index (χ0) is 26.5. The molecule has 3 aromatic rings. The topological polar surface area (TPSA) is 66.5 Å². The molecule has 3 aromatic carbocycles. The Kier molecular flexibility index (Phi) is 8.97. The molecular formula is C25H24ClF3N2O3S2. The van der Waals surface area contributed by atoms with Crippen LogP contribution in [0.15, 0.2) is 76.5 Å². The highest BCUT2D eigenvalue weighted by Gasteiger charge is 2.35. The highest BCUT2D eigenvalue weighted by Crippen LogP contribution is 2.38. The van der Waals surface area contributed by atoms with E-state index in [1.54, 1.807) is 19.1 Å². The first kappa shape index (κ1) is 27.9. The van der Waals surface area contributed by atoms with Crippen molar-refractivity contribution in [3.05, 3.63) is 88.4 Å². The molecule has 192 valence electrons. The molecule has 0 aromatic heterocycles. The van der Waals surface area contributed by atoms with Gasteiger partial charge >= 0.3 is 6.18 Å². The number of rotatable bonds is 9. The van der Waals surface area contributed by atoms with Crippen LogP contribution in [-0.2, 0) is 21.0 Å². The van der Waals surface area contributed by atoms with Crippen LogP contribution < -0.4 is 9.62 Å². The van der Waals surface area contributed by atoms with E-state index < -0.39 is 39.2 Å². The number of hydrogen-bond donors (Lipinski definition) is 1. The first-order chi connectivity index (χ1) is 16.9. The molecule has 0 aliphatic carbocycles. The standard InChI is InChI=1S/C25H24ClF3N2O3S2/c1-17-3-8-20(9-4-17)35-14-13-30-24(32)16-31(36(33,34)21-10-5-18(2)6-11-21)19-7-12-23(26)22(15-19)25(27,28)29/h3-12,15H,13-14,16H2,1-2H3,(H,30,32). The van der Waals surface area contributed by atoms with E-state index in [-0.39, 0.29) is 17.1 Å². The lowest BCUT2D eigenvalue weighted by molar-refractivity contribution is -0.137.